The van der Waals surface area contributed by atoms with E-state index < -0.39 is 0 Å². The summed E-state index contributed by atoms with van der Waals surface area (Å²) in [6.07, 6.45) is 0.967. The molecule has 0 aliphatic heterocycles. The minimum absolute atomic E-state index is 0.277. The fraction of sp³-hybridized carbons (Fsp3) is 0.235. The number of alkyl halides is 1. The van der Waals surface area contributed by atoms with Gasteiger partial charge in [-0.05, 0) is 24.1 Å². The number of hydrogen-bond donors (Lipinski definition) is 0. The smallest absolute Gasteiger partial charge is 0.151 e. The summed E-state index contributed by atoms with van der Waals surface area (Å²) in [5.41, 5.74) is 3.31. The van der Waals surface area contributed by atoms with E-state index in [-0.39, 0.29) is 5.82 Å². The average Bonchev–Trinajstić information content (AvgIpc) is 2.88. The zero-order valence-electron chi connectivity index (χ0n) is 11.8. The molecule has 108 valence electrons. The molecular formula is C17H16ClFN2. The summed E-state index contributed by atoms with van der Waals surface area (Å²) < 4.78 is 16.0. The van der Waals surface area contributed by atoms with Crippen molar-refractivity contribution in [1.82, 2.24) is 9.55 Å². The van der Waals surface area contributed by atoms with E-state index in [2.05, 4.69) is 16.5 Å². The Bertz CT molecular complexity index is 762. The van der Waals surface area contributed by atoms with E-state index in [0.717, 1.165) is 35.4 Å². The lowest BCUT2D eigenvalue weighted by atomic mass is 10.1. The summed E-state index contributed by atoms with van der Waals surface area (Å²) in [6, 6.07) is 13.0. The average molecular weight is 303 g/mol. The molecule has 0 saturated heterocycles. The van der Waals surface area contributed by atoms with Crippen molar-refractivity contribution in [3.05, 3.63) is 53.8 Å². The van der Waals surface area contributed by atoms with E-state index in [1.165, 1.54) is 6.07 Å². The van der Waals surface area contributed by atoms with Crippen LogP contribution in [0.2, 0.25) is 0 Å². The summed E-state index contributed by atoms with van der Waals surface area (Å²) in [6.45, 7) is 2.91. The third-order valence-electron chi connectivity index (χ3n) is 3.54. The first-order chi connectivity index (χ1) is 10.2. The first kappa shape index (κ1) is 14.1. The second-order valence-corrected chi connectivity index (χ2v) is 5.29. The maximum Gasteiger partial charge on any atom is 0.151 e. The Labute approximate surface area is 128 Å². The molecule has 0 unspecified atom stereocenters. The number of benzene rings is 2. The van der Waals surface area contributed by atoms with E-state index in [1.807, 2.05) is 30.3 Å². The van der Waals surface area contributed by atoms with Crippen LogP contribution in [0.1, 0.15) is 18.9 Å². The second kappa shape index (κ2) is 5.86. The summed E-state index contributed by atoms with van der Waals surface area (Å²) in [5, 5.41) is 0. The van der Waals surface area contributed by atoms with Crippen LogP contribution in [0, 0.1) is 5.82 Å². The van der Waals surface area contributed by atoms with Crippen LogP contribution in [0.3, 0.4) is 0 Å². The molecule has 0 spiro atoms. The maximum absolute atomic E-state index is 14.0. The van der Waals surface area contributed by atoms with Crippen LogP contribution >= 0.6 is 11.6 Å². The molecule has 3 aromatic rings. The van der Waals surface area contributed by atoms with E-state index in [0.29, 0.717) is 11.4 Å². The van der Waals surface area contributed by atoms with Gasteiger partial charge in [0.1, 0.15) is 11.3 Å². The molecule has 0 atom stereocenters. The predicted octanol–water partition coefficient (Wildman–Crippen LogP) is 4.99. The van der Waals surface area contributed by atoms with Crippen LogP contribution in [0.4, 0.5) is 4.39 Å². The maximum atomic E-state index is 14.0. The second-order valence-electron chi connectivity index (χ2n) is 5.03. The van der Waals surface area contributed by atoms with Crippen LogP contribution in [-0.2, 0) is 12.4 Å². The number of para-hydroxylation sites is 1. The number of aryl methyl sites for hydroxylation is 1. The summed E-state index contributed by atoms with van der Waals surface area (Å²) in [4.78, 5) is 4.51. The zero-order valence-corrected chi connectivity index (χ0v) is 12.6. The summed E-state index contributed by atoms with van der Waals surface area (Å²) in [5.74, 6) is 1.01. The molecule has 0 aliphatic rings. The Morgan fingerprint density at radius 3 is 2.57 bits per heavy atom. The fourth-order valence-corrected chi connectivity index (χ4v) is 2.70. The van der Waals surface area contributed by atoms with E-state index >= 15 is 0 Å². The van der Waals surface area contributed by atoms with Gasteiger partial charge >= 0.3 is 0 Å². The highest BCUT2D eigenvalue weighted by Gasteiger charge is 2.14. The van der Waals surface area contributed by atoms with E-state index in [9.17, 15) is 4.39 Å². The minimum Gasteiger partial charge on any atom is -0.324 e. The van der Waals surface area contributed by atoms with Crippen LogP contribution in [0.5, 0.6) is 0 Å². The zero-order chi connectivity index (χ0) is 14.8. The molecule has 0 N–H and O–H groups in total. The molecule has 0 amide bonds. The Kier molecular flexibility index (Phi) is 3.93. The number of rotatable bonds is 4. The number of halogens is 2. The third kappa shape index (κ3) is 2.54. The van der Waals surface area contributed by atoms with Gasteiger partial charge in [0.15, 0.2) is 5.82 Å². The van der Waals surface area contributed by atoms with Gasteiger partial charge in [-0.2, -0.15) is 0 Å². The molecular weight excluding hydrogens is 287 g/mol. The lowest BCUT2D eigenvalue weighted by molar-refractivity contribution is 0.637. The highest BCUT2D eigenvalue weighted by molar-refractivity contribution is 6.17. The molecule has 2 nitrogen and oxygen atoms in total. The van der Waals surface area contributed by atoms with Gasteiger partial charge in [-0.1, -0.05) is 37.3 Å². The monoisotopic (exact) mass is 302 g/mol. The van der Waals surface area contributed by atoms with Gasteiger partial charge in [0.2, 0.25) is 0 Å². The van der Waals surface area contributed by atoms with Gasteiger partial charge in [0, 0.05) is 18.0 Å². The highest BCUT2D eigenvalue weighted by atomic mass is 35.5. The molecule has 0 saturated carbocycles. The Hall–Kier alpha value is -1.87. The van der Waals surface area contributed by atoms with Gasteiger partial charge in [0.05, 0.1) is 5.52 Å². The van der Waals surface area contributed by atoms with Gasteiger partial charge in [-0.3, -0.25) is 0 Å². The van der Waals surface area contributed by atoms with Crippen molar-refractivity contribution in [2.24, 2.45) is 0 Å². The largest absolute Gasteiger partial charge is 0.324 e. The van der Waals surface area contributed by atoms with E-state index in [4.69, 9.17) is 11.6 Å². The van der Waals surface area contributed by atoms with Gasteiger partial charge < -0.3 is 4.57 Å². The van der Waals surface area contributed by atoms with Gasteiger partial charge in [-0.15, -0.1) is 11.6 Å². The number of fused-ring (bicyclic) bond motifs is 1. The Balaban J connectivity index is 2.20. The lowest BCUT2D eigenvalue weighted by Gasteiger charge is -2.08. The number of aromatic nitrogens is 2. The molecule has 1 aromatic heterocycles. The van der Waals surface area contributed by atoms with Crippen molar-refractivity contribution in [3.63, 3.8) is 0 Å². The van der Waals surface area contributed by atoms with Crippen LogP contribution in [0.25, 0.3) is 22.4 Å². The first-order valence-electron chi connectivity index (χ1n) is 7.04. The molecule has 0 fully saturated rings. The number of nitrogens with zero attached hydrogens (tertiary/aromatic N) is 2. The normalized spacial score (nSPS) is 11.2. The Morgan fingerprint density at radius 2 is 1.90 bits per heavy atom. The van der Waals surface area contributed by atoms with Gasteiger partial charge in [-0.25, -0.2) is 9.37 Å². The van der Waals surface area contributed by atoms with Crippen molar-refractivity contribution in [3.8, 4) is 11.4 Å². The topological polar surface area (TPSA) is 17.8 Å². The third-order valence-corrected chi connectivity index (χ3v) is 3.85. The number of imidazole rings is 1. The number of hydrogen-bond acceptors (Lipinski definition) is 1. The highest BCUT2D eigenvalue weighted by Crippen LogP contribution is 2.27. The predicted molar refractivity (Wildman–Crippen MR) is 85.0 cm³/mol. The molecule has 1 heterocycles. The molecule has 2 aromatic carbocycles. The van der Waals surface area contributed by atoms with Crippen LogP contribution in [-0.4, -0.2) is 9.55 Å². The van der Waals surface area contributed by atoms with Gasteiger partial charge in [0.25, 0.3) is 0 Å². The molecule has 0 radical (unpaired) electrons. The summed E-state index contributed by atoms with van der Waals surface area (Å²) in [7, 11) is 0. The van der Waals surface area contributed by atoms with Crippen molar-refractivity contribution in [2.75, 3.05) is 0 Å². The SMILES string of the molecule is CCCn1c(-c2ccc(CCl)cc2)nc2c(F)cccc21. The van der Waals surface area contributed by atoms with Crippen molar-refractivity contribution >= 4 is 22.6 Å². The van der Waals surface area contributed by atoms with Crippen LogP contribution < -0.4 is 0 Å². The molecule has 0 aliphatic carbocycles. The van der Waals surface area contributed by atoms with E-state index in [1.54, 1.807) is 6.07 Å². The van der Waals surface area contributed by atoms with Crippen molar-refractivity contribution < 1.29 is 4.39 Å². The standard InChI is InChI=1S/C17H16ClFN2/c1-2-10-21-15-5-3-4-14(19)16(15)20-17(21)13-8-6-12(11-18)7-9-13/h3-9H,2,10-11H2,1H3. The fourth-order valence-electron chi connectivity index (χ4n) is 2.53. The van der Waals surface area contributed by atoms with Crippen molar-refractivity contribution in [1.29, 1.82) is 0 Å². The molecule has 3 rings (SSSR count). The molecule has 4 heteroatoms. The lowest BCUT2D eigenvalue weighted by Crippen LogP contribution is -1.99. The Morgan fingerprint density at radius 1 is 1.14 bits per heavy atom. The molecule has 0 bridgehead atoms. The molecule has 21 heavy (non-hydrogen) atoms. The quantitative estimate of drug-likeness (QED) is 0.621. The van der Waals surface area contributed by atoms with Crippen LogP contribution in [0.15, 0.2) is 42.5 Å². The minimum atomic E-state index is -0.277. The van der Waals surface area contributed by atoms with Crippen molar-refractivity contribution in [2.45, 2.75) is 25.8 Å². The summed E-state index contributed by atoms with van der Waals surface area (Å²) >= 11 is 5.82. The first-order valence-corrected chi connectivity index (χ1v) is 7.58.